The molecule has 2 fully saturated rings. The first-order valence-corrected chi connectivity index (χ1v) is 16.8. The zero-order chi connectivity index (χ0) is 31.4. The van der Waals surface area contributed by atoms with Crippen LogP contribution in [0.25, 0.3) is 22.3 Å². The number of fused-ring (bicyclic) bond motifs is 2. The van der Waals surface area contributed by atoms with E-state index in [2.05, 4.69) is 46.4 Å². The maximum absolute atomic E-state index is 15.9. The fourth-order valence-corrected chi connectivity index (χ4v) is 6.47. The summed E-state index contributed by atoms with van der Waals surface area (Å²) in [6.07, 6.45) is -3.53. The number of alkyl halides is 1. The van der Waals surface area contributed by atoms with Crippen LogP contribution < -0.4 is 21.7 Å². The Bertz CT molecular complexity index is 1920. The Labute approximate surface area is 251 Å². The van der Waals surface area contributed by atoms with Crippen LogP contribution in [0, 0.1) is 0 Å². The number of H-pyrrole nitrogens is 1. The molecule has 0 unspecified atom stereocenters. The van der Waals surface area contributed by atoms with E-state index in [0.717, 1.165) is 10.9 Å². The second-order valence-electron chi connectivity index (χ2n) is 9.81. The Morgan fingerprint density at radius 2 is 1.89 bits per heavy atom. The van der Waals surface area contributed by atoms with Gasteiger partial charge in [-0.15, -0.1) is 0 Å². The van der Waals surface area contributed by atoms with E-state index in [9.17, 15) is 23.0 Å². The van der Waals surface area contributed by atoms with Gasteiger partial charge in [0.25, 0.3) is 5.56 Å². The van der Waals surface area contributed by atoms with E-state index >= 15 is 4.39 Å². The molecule has 6 atom stereocenters. The minimum Gasteiger partial charge on any atom is -0.382 e. The lowest BCUT2D eigenvalue weighted by Crippen LogP contribution is -2.41. The van der Waals surface area contributed by atoms with Crippen molar-refractivity contribution in [1.82, 2.24) is 43.8 Å². The summed E-state index contributed by atoms with van der Waals surface area (Å²) in [4.78, 5) is 53.6. The van der Waals surface area contributed by atoms with Crippen LogP contribution in [0.4, 0.5) is 16.2 Å². The Morgan fingerprint density at radius 3 is 2.66 bits per heavy atom. The monoisotopic (exact) mass is 677 g/mol. The van der Waals surface area contributed by atoms with Gasteiger partial charge in [0, 0.05) is 6.54 Å². The zero-order valence-electron chi connectivity index (χ0n) is 22.2. The second-order valence-corrected chi connectivity index (χ2v) is 13.9. The third-order valence-corrected chi connectivity index (χ3v) is 8.70. The first-order valence-electron chi connectivity index (χ1n) is 12.8. The molecule has 238 valence electrons. The molecule has 2 aliphatic heterocycles. The van der Waals surface area contributed by atoms with Gasteiger partial charge in [0.2, 0.25) is 5.95 Å². The van der Waals surface area contributed by atoms with Gasteiger partial charge < -0.3 is 35.3 Å². The molecule has 0 bridgehead atoms. The summed E-state index contributed by atoms with van der Waals surface area (Å²) in [7, 11) is -4.65. The molecule has 6 rings (SSSR count). The fourth-order valence-electron chi connectivity index (χ4n) is 4.96. The first kappa shape index (κ1) is 30.8. The molecule has 0 aromatic carbocycles. The van der Waals surface area contributed by atoms with Gasteiger partial charge in [-0.3, -0.25) is 18.9 Å². The van der Waals surface area contributed by atoms with Crippen molar-refractivity contribution in [3.05, 3.63) is 29.3 Å². The summed E-state index contributed by atoms with van der Waals surface area (Å²) in [5, 5.41) is 0. The smallest absolute Gasteiger partial charge is 0.336 e. The molecular formula is C20H25FN11O9PS2. The Hall–Kier alpha value is -3.25. The summed E-state index contributed by atoms with van der Waals surface area (Å²) in [5.74, 6) is -0.0805. The lowest BCUT2D eigenvalue weighted by molar-refractivity contribution is -0.0403. The van der Waals surface area contributed by atoms with Crippen LogP contribution in [-0.4, -0.2) is 94.9 Å². The van der Waals surface area contributed by atoms with Gasteiger partial charge in [0.1, 0.15) is 30.3 Å². The minimum absolute atomic E-state index is 0.151. The predicted octanol–water partition coefficient (Wildman–Crippen LogP) is -1.52. The normalized spacial score (nSPS) is 26.2. The highest BCUT2D eigenvalue weighted by atomic mass is 32.5. The number of nitrogens with one attached hydrogen (secondary N) is 2. The van der Waals surface area contributed by atoms with Crippen molar-refractivity contribution in [3.63, 3.8) is 0 Å². The number of hydrogen-bond acceptors (Lipinski definition) is 15. The van der Waals surface area contributed by atoms with E-state index in [-0.39, 0.29) is 29.5 Å². The molecule has 0 radical (unpaired) electrons. The quantitative estimate of drug-likeness (QED) is 0.104. The van der Waals surface area contributed by atoms with Crippen LogP contribution in [0.3, 0.4) is 0 Å². The predicted molar refractivity (Wildman–Crippen MR) is 151 cm³/mol. The summed E-state index contributed by atoms with van der Waals surface area (Å²) in [6.45, 7) is -5.22. The molecule has 0 amide bonds. The number of aromatic nitrogens is 8. The minimum atomic E-state index is -4.65. The highest BCUT2D eigenvalue weighted by Crippen LogP contribution is 2.41. The van der Waals surface area contributed by atoms with Crippen molar-refractivity contribution in [2.24, 2.45) is 0 Å². The number of imidazole rings is 2. The van der Waals surface area contributed by atoms with E-state index in [1.807, 2.05) is 0 Å². The Balaban J connectivity index is 1.15. The maximum Gasteiger partial charge on any atom is 0.336 e. The zero-order valence-corrected chi connectivity index (χ0v) is 24.7. The number of ether oxygens (including phenoxy) is 2. The van der Waals surface area contributed by atoms with Gasteiger partial charge in [-0.25, -0.2) is 28.5 Å². The molecule has 2 aliphatic rings. The topological polar surface area (TPSA) is 283 Å². The van der Waals surface area contributed by atoms with Gasteiger partial charge in [-0.1, -0.05) is 0 Å². The summed E-state index contributed by atoms with van der Waals surface area (Å²) in [5.41, 5.74) is 11.3. The van der Waals surface area contributed by atoms with Crippen LogP contribution in [0.1, 0.15) is 25.3 Å². The van der Waals surface area contributed by atoms with Crippen molar-refractivity contribution in [2.45, 2.75) is 49.8 Å². The first-order chi connectivity index (χ1) is 20.8. The molecule has 0 spiro atoms. The molecule has 2 saturated heterocycles. The largest absolute Gasteiger partial charge is 0.382 e. The fraction of sp³-hybridized carbons (Fsp3) is 0.500. The van der Waals surface area contributed by atoms with Crippen LogP contribution >= 0.6 is 6.72 Å². The molecule has 20 nitrogen and oxygen atoms in total. The number of nitrogen functional groups attached to an aromatic ring is 2. The number of anilines is 2. The molecule has 0 saturated carbocycles. The van der Waals surface area contributed by atoms with E-state index in [1.165, 1.54) is 12.7 Å². The Morgan fingerprint density at radius 1 is 1.14 bits per heavy atom. The number of nitrogens with zero attached hydrogens (tertiary/aromatic N) is 7. The van der Waals surface area contributed by atoms with Crippen molar-refractivity contribution in [2.75, 3.05) is 24.6 Å². The lowest BCUT2D eigenvalue weighted by atomic mass is 10.1. The van der Waals surface area contributed by atoms with E-state index in [4.69, 9.17) is 29.6 Å². The highest BCUT2D eigenvalue weighted by Gasteiger charge is 2.50. The molecule has 0 aliphatic carbocycles. The third-order valence-electron chi connectivity index (χ3n) is 6.91. The standard InChI is InChI=1S/C20H25FN11O9PS2/c21-11-14(9(4-38-42(34,35)43)40-19(11)32-7-27-13-17(32)29-20(23)30-18(13)33)41-44(36,37)28-3-8-1-2-10(39-8)31-6-26-12-15(22)24-5-25-16(12)31/h5-11,14,19,28H,1-4H2,(H2,22,24,25)(H2,34,35,43)(H3,23,29,30,33)/t8-,9+,10+,11+,14+,19+/m0/s1. The van der Waals surface area contributed by atoms with Gasteiger partial charge in [0.15, 0.2) is 35.0 Å². The summed E-state index contributed by atoms with van der Waals surface area (Å²) in [6, 6.07) is 0. The second kappa shape index (κ2) is 11.6. The molecule has 8 N–H and O–H groups in total. The van der Waals surface area contributed by atoms with Crippen LogP contribution in [0.5, 0.6) is 0 Å². The number of halogens is 1. The highest BCUT2D eigenvalue weighted by molar-refractivity contribution is 8.06. The number of nitrogens with two attached hydrogens (primary N) is 2. The van der Waals surface area contributed by atoms with Crippen molar-refractivity contribution in [3.8, 4) is 0 Å². The van der Waals surface area contributed by atoms with Gasteiger partial charge in [-0.05, 0) is 24.6 Å². The van der Waals surface area contributed by atoms with Gasteiger partial charge >= 0.3 is 17.0 Å². The third kappa shape index (κ3) is 6.15. The average Bonchev–Trinajstić information content (AvgIpc) is 3.73. The van der Waals surface area contributed by atoms with E-state index in [1.54, 1.807) is 4.57 Å². The molecular weight excluding hydrogens is 652 g/mol. The van der Waals surface area contributed by atoms with Gasteiger partial charge in [0.05, 0.1) is 25.4 Å². The van der Waals surface area contributed by atoms with Gasteiger partial charge in [-0.2, -0.15) is 18.1 Å². The molecule has 6 heterocycles. The maximum atomic E-state index is 15.9. The summed E-state index contributed by atoms with van der Waals surface area (Å²) >= 11 is 4.44. The Kier molecular flexibility index (Phi) is 8.11. The van der Waals surface area contributed by atoms with Crippen LogP contribution in [0.2, 0.25) is 0 Å². The number of rotatable bonds is 10. The van der Waals surface area contributed by atoms with E-state index in [0.29, 0.717) is 24.0 Å². The summed E-state index contributed by atoms with van der Waals surface area (Å²) < 4.78 is 68.3. The molecule has 4 aromatic rings. The lowest BCUT2D eigenvalue weighted by Gasteiger charge is -2.21. The molecule has 24 heteroatoms. The number of hydrogen-bond donors (Lipinski definition) is 6. The van der Waals surface area contributed by atoms with Crippen LogP contribution in [0.15, 0.2) is 23.8 Å². The van der Waals surface area contributed by atoms with Crippen molar-refractivity contribution >= 4 is 62.9 Å². The van der Waals surface area contributed by atoms with Crippen molar-refractivity contribution in [1.29, 1.82) is 0 Å². The van der Waals surface area contributed by atoms with Crippen molar-refractivity contribution < 1.29 is 40.8 Å². The SMILES string of the molecule is Nc1nc2c(ncn2[C@@H]2O[C@H](COP(O)(O)=S)[C@@H](OS(=O)(=O)NC[C@@H]3CC[C@H](n4cnc5c(N)ncnc54)O3)[C@H]2F)c(=O)[nH]1. The molecule has 4 aromatic heterocycles. The van der Waals surface area contributed by atoms with Crippen LogP contribution in [-0.2, 0) is 40.3 Å². The average molecular weight is 678 g/mol. The number of aromatic amines is 1. The van der Waals surface area contributed by atoms with E-state index < -0.39 is 66.1 Å². The molecule has 44 heavy (non-hydrogen) atoms.